The van der Waals surface area contributed by atoms with Gasteiger partial charge in [0.1, 0.15) is 11.5 Å². The van der Waals surface area contributed by atoms with E-state index in [1.165, 1.54) is 19.2 Å². The molecule has 0 unspecified atom stereocenters. The van der Waals surface area contributed by atoms with E-state index in [1.807, 2.05) is 0 Å². The highest BCUT2D eigenvalue weighted by Crippen LogP contribution is 2.23. The zero-order valence-corrected chi connectivity index (χ0v) is 17.6. The predicted molar refractivity (Wildman–Crippen MR) is 109 cm³/mol. The third-order valence-corrected chi connectivity index (χ3v) is 5.33. The van der Waals surface area contributed by atoms with Crippen molar-refractivity contribution in [2.75, 3.05) is 12.9 Å². The number of carbonyl (C=O) groups excluding carboxylic acids is 1. The predicted octanol–water partition coefficient (Wildman–Crippen LogP) is 2.85. The Morgan fingerprint density at radius 1 is 1.20 bits per heavy atom. The van der Waals surface area contributed by atoms with Gasteiger partial charge in [-0.05, 0) is 36.6 Å². The summed E-state index contributed by atoms with van der Waals surface area (Å²) in [5, 5.41) is 18.1. The van der Waals surface area contributed by atoms with Crippen LogP contribution in [0.5, 0.6) is 0 Å². The van der Waals surface area contributed by atoms with Gasteiger partial charge in [-0.1, -0.05) is 25.6 Å². The summed E-state index contributed by atoms with van der Waals surface area (Å²) in [6, 6.07) is 5.85. The summed E-state index contributed by atoms with van der Waals surface area (Å²) >= 11 is 1.54. The fraction of sp³-hybridized carbons (Fsp3) is 0.368. The maximum atomic E-state index is 13.4. The van der Waals surface area contributed by atoms with Crippen LogP contribution in [0, 0.1) is 11.7 Å². The van der Waals surface area contributed by atoms with E-state index in [1.54, 1.807) is 33.1 Å². The molecule has 3 heterocycles. The molecule has 0 fully saturated rings. The Hall–Kier alpha value is -3.08. The molecule has 4 aromatic rings. The molecule has 11 heteroatoms. The molecule has 30 heavy (non-hydrogen) atoms. The molecule has 0 amide bonds. The first-order valence-electron chi connectivity index (χ1n) is 9.43. The second kappa shape index (κ2) is 8.34. The molecule has 0 spiro atoms. The number of hydrogen-bond donors (Lipinski definition) is 0. The Kier molecular flexibility index (Phi) is 5.62. The third-order valence-electron chi connectivity index (χ3n) is 4.45. The van der Waals surface area contributed by atoms with Crippen molar-refractivity contribution < 1.29 is 13.9 Å². The number of ether oxygens (including phenoxy) is 1. The second-order valence-corrected chi connectivity index (χ2v) is 8.16. The van der Waals surface area contributed by atoms with Gasteiger partial charge in [0.2, 0.25) is 5.16 Å². The first kappa shape index (κ1) is 20.2. The van der Waals surface area contributed by atoms with E-state index in [-0.39, 0.29) is 12.2 Å². The van der Waals surface area contributed by atoms with Crippen molar-refractivity contribution in [3.8, 4) is 5.69 Å². The number of carbonyl (C=O) groups is 1. The first-order valence-corrected chi connectivity index (χ1v) is 10.4. The molecular weight excluding hydrogens is 409 g/mol. The molecule has 0 saturated heterocycles. The molecule has 3 aromatic heterocycles. The summed E-state index contributed by atoms with van der Waals surface area (Å²) in [5.74, 6) is 0.977. The molecule has 0 aliphatic heterocycles. The first-order chi connectivity index (χ1) is 14.5. The molecule has 0 radical (unpaired) electrons. The Morgan fingerprint density at radius 2 is 1.97 bits per heavy atom. The lowest BCUT2D eigenvalue weighted by atomic mass is 10.2. The Balaban J connectivity index is 1.85. The van der Waals surface area contributed by atoms with Gasteiger partial charge in [0.05, 0.1) is 19.2 Å². The Labute approximate surface area is 175 Å². The highest BCUT2D eigenvalue weighted by molar-refractivity contribution is 7.99. The smallest absolute Gasteiger partial charge is 0.311 e. The average molecular weight is 429 g/mol. The van der Waals surface area contributed by atoms with Gasteiger partial charge >= 0.3 is 5.97 Å². The number of halogens is 1. The number of aromatic nitrogens is 7. The van der Waals surface area contributed by atoms with Gasteiger partial charge in [0.15, 0.2) is 11.2 Å². The number of hydrogen-bond acceptors (Lipinski definition) is 8. The van der Waals surface area contributed by atoms with E-state index in [0.29, 0.717) is 39.4 Å². The summed E-state index contributed by atoms with van der Waals surface area (Å²) in [7, 11) is 1.31. The normalized spacial score (nSPS) is 11.6. The van der Waals surface area contributed by atoms with Gasteiger partial charge in [-0.2, -0.15) is 14.6 Å². The molecule has 0 saturated carbocycles. The summed E-state index contributed by atoms with van der Waals surface area (Å²) in [5.41, 5.74) is 1.88. The van der Waals surface area contributed by atoms with Crippen LogP contribution in [0.4, 0.5) is 4.39 Å². The van der Waals surface area contributed by atoms with Gasteiger partial charge in [-0.3, -0.25) is 4.79 Å². The van der Waals surface area contributed by atoms with Crippen molar-refractivity contribution in [1.82, 2.24) is 34.6 Å². The second-order valence-electron chi connectivity index (χ2n) is 7.10. The summed E-state index contributed by atoms with van der Waals surface area (Å²) in [6.45, 7) is 4.33. The average Bonchev–Trinajstić information content (AvgIpc) is 3.29. The topological polar surface area (TPSA) is 100 Å². The maximum absolute atomic E-state index is 13.4. The van der Waals surface area contributed by atoms with E-state index >= 15 is 0 Å². The van der Waals surface area contributed by atoms with Gasteiger partial charge in [0, 0.05) is 5.75 Å². The molecule has 0 N–H and O–H groups in total. The van der Waals surface area contributed by atoms with Gasteiger partial charge < -0.3 is 4.74 Å². The van der Waals surface area contributed by atoms with Crippen LogP contribution >= 0.6 is 11.8 Å². The van der Waals surface area contributed by atoms with Crippen LogP contribution in [-0.2, 0) is 16.0 Å². The van der Waals surface area contributed by atoms with E-state index in [0.717, 1.165) is 12.2 Å². The minimum atomic E-state index is -0.453. The fourth-order valence-electron chi connectivity index (χ4n) is 2.86. The van der Waals surface area contributed by atoms with Crippen molar-refractivity contribution >= 4 is 34.7 Å². The van der Waals surface area contributed by atoms with Crippen molar-refractivity contribution in [2.24, 2.45) is 5.92 Å². The summed E-state index contributed by atoms with van der Waals surface area (Å²) in [6.07, 6.45) is 0.962. The fourth-order valence-corrected chi connectivity index (χ4v) is 3.92. The quantitative estimate of drug-likeness (QED) is 0.327. The highest BCUT2D eigenvalue weighted by Gasteiger charge is 2.21. The number of esters is 1. The molecule has 156 valence electrons. The van der Waals surface area contributed by atoms with E-state index in [4.69, 9.17) is 4.74 Å². The van der Waals surface area contributed by atoms with Crippen LogP contribution in [0.15, 0.2) is 29.4 Å². The molecule has 9 nitrogen and oxygen atoms in total. The van der Waals surface area contributed by atoms with Crippen LogP contribution in [0.2, 0.25) is 0 Å². The zero-order valence-electron chi connectivity index (χ0n) is 16.7. The Bertz CT molecular complexity index is 1200. The van der Waals surface area contributed by atoms with Gasteiger partial charge in [0.25, 0.3) is 5.78 Å². The lowest BCUT2D eigenvalue weighted by Crippen LogP contribution is -2.06. The standard InChI is InChI=1S/C19H20FN7O2S/c1-11(2)8-9-30-19-21-18-23-22-16-14(10-15(28)29-3)24-26(17(16)27(18)25-19)13-6-4-12(20)5-7-13/h4-7,11H,8-10H2,1-3H3. The van der Waals surface area contributed by atoms with Crippen LogP contribution in [0.1, 0.15) is 26.0 Å². The molecule has 0 bridgehead atoms. The minimum Gasteiger partial charge on any atom is -0.469 e. The lowest BCUT2D eigenvalue weighted by Gasteiger charge is -2.03. The number of nitrogens with zero attached hydrogens (tertiary/aromatic N) is 7. The van der Waals surface area contributed by atoms with Crippen molar-refractivity contribution in [3.63, 3.8) is 0 Å². The monoisotopic (exact) mass is 429 g/mol. The largest absolute Gasteiger partial charge is 0.469 e. The number of methoxy groups -OCH3 is 1. The van der Waals surface area contributed by atoms with E-state index in [2.05, 4.69) is 39.2 Å². The number of thioether (sulfide) groups is 1. The summed E-state index contributed by atoms with van der Waals surface area (Å²) in [4.78, 5) is 16.3. The molecule has 0 aliphatic carbocycles. The third kappa shape index (κ3) is 3.97. The minimum absolute atomic E-state index is 0.0773. The van der Waals surface area contributed by atoms with Crippen LogP contribution in [0.3, 0.4) is 0 Å². The van der Waals surface area contributed by atoms with Gasteiger partial charge in [-0.15, -0.1) is 15.3 Å². The molecule has 0 aliphatic rings. The van der Waals surface area contributed by atoms with Gasteiger partial charge in [-0.25, -0.2) is 9.07 Å². The zero-order chi connectivity index (χ0) is 21.3. The highest BCUT2D eigenvalue weighted by atomic mass is 32.2. The number of benzene rings is 1. The van der Waals surface area contributed by atoms with Crippen molar-refractivity contribution in [3.05, 3.63) is 35.8 Å². The van der Waals surface area contributed by atoms with Crippen LogP contribution < -0.4 is 0 Å². The summed E-state index contributed by atoms with van der Waals surface area (Å²) < 4.78 is 21.3. The SMILES string of the molecule is COC(=O)Cc1nn(-c2ccc(F)cc2)c2c1nnc1nc(SCCC(C)C)nn12. The molecule has 1 aromatic carbocycles. The van der Waals surface area contributed by atoms with Crippen molar-refractivity contribution in [2.45, 2.75) is 31.8 Å². The molecular formula is C19H20FN7O2S. The number of fused-ring (bicyclic) bond motifs is 3. The van der Waals surface area contributed by atoms with E-state index in [9.17, 15) is 9.18 Å². The van der Waals surface area contributed by atoms with E-state index < -0.39 is 5.97 Å². The lowest BCUT2D eigenvalue weighted by molar-refractivity contribution is -0.139. The van der Waals surface area contributed by atoms with Crippen LogP contribution in [0.25, 0.3) is 22.6 Å². The van der Waals surface area contributed by atoms with Crippen LogP contribution in [-0.4, -0.2) is 53.4 Å². The molecule has 4 rings (SSSR count). The molecule has 0 atom stereocenters. The number of rotatable bonds is 7. The maximum Gasteiger partial charge on any atom is 0.311 e. The van der Waals surface area contributed by atoms with Crippen molar-refractivity contribution in [1.29, 1.82) is 0 Å². The Morgan fingerprint density at radius 3 is 2.67 bits per heavy atom.